The highest BCUT2D eigenvalue weighted by atomic mass is 16.5. The van der Waals surface area contributed by atoms with Crippen LogP contribution in [0.4, 0.5) is 0 Å². The minimum absolute atomic E-state index is 0.217. The second-order valence-electron chi connectivity index (χ2n) is 5.58. The van der Waals surface area contributed by atoms with E-state index in [4.69, 9.17) is 15.6 Å². The SMILES string of the molecule is CCC(CC)n1ccc(CC(N)C2CCOCC2)n1. The van der Waals surface area contributed by atoms with Gasteiger partial charge in [0.1, 0.15) is 0 Å². The Labute approximate surface area is 116 Å². The highest BCUT2D eigenvalue weighted by Crippen LogP contribution is 2.20. The zero-order chi connectivity index (χ0) is 13.7. The minimum Gasteiger partial charge on any atom is -0.381 e. The van der Waals surface area contributed by atoms with Gasteiger partial charge in [-0.1, -0.05) is 13.8 Å². The van der Waals surface area contributed by atoms with Gasteiger partial charge in [0.25, 0.3) is 0 Å². The maximum absolute atomic E-state index is 6.33. The lowest BCUT2D eigenvalue weighted by atomic mass is 9.90. The molecule has 2 heterocycles. The summed E-state index contributed by atoms with van der Waals surface area (Å²) >= 11 is 0. The van der Waals surface area contributed by atoms with E-state index in [0.717, 1.165) is 51.0 Å². The predicted octanol–water partition coefficient (Wildman–Crippen LogP) is 2.54. The molecular weight excluding hydrogens is 238 g/mol. The Morgan fingerprint density at radius 2 is 2.05 bits per heavy atom. The van der Waals surface area contributed by atoms with Crippen LogP contribution < -0.4 is 5.73 Å². The quantitative estimate of drug-likeness (QED) is 0.860. The Balaban J connectivity index is 1.91. The molecule has 1 fully saturated rings. The molecule has 1 aliphatic heterocycles. The van der Waals surface area contributed by atoms with Crippen LogP contribution in [0.3, 0.4) is 0 Å². The third kappa shape index (κ3) is 3.80. The van der Waals surface area contributed by atoms with E-state index in [2.05, 4.69) is 30.8 Å². The summed E-state index contributed by atoms with van der Waals surface area (Å²) in [6, 6.07) is 2.86. The van der Waals surface area contributed by atoms with Crippen LogP contribution in [0.2, 0.25) is 0 Å². The zero-order valence-electron chi connectivity index (χ0n) is 12.2. The lowest BCUT2D eigenvalue weighted by Crippen LogP contribution is -2.36. The van der Waals surface area contributed by atoms with Gasteiger partial charge in [-0.25, -0.2) is 0 Å². The maximum atomic E-state index is 6.33. The summed E-state index contributed by atoms with van der Waals surface area (Å²) in [5.74, 6) is 0.590. The van der Waals surface area contributed by atoms with Crippen molar-refractivity contribution in [2.45, 2.75) is 58.0 Å². The fourth-order valence-corrected chi connectivity index (χ4v) is 2.90. The summed E-state index contributed by atoms with van der Waals surface area (Å²) in [5, 5.41) is 4.69. The van der Waals surface area contributed by atoms with Gasteiger partial charge in [0.2, 0.25) is 0 Å². The van der Waals surface area contributed by atoms with E-state index in [1.54, 1.807) is 0 Å². The monoisotopic (exact) mass is 265 g/mol. The first kappa shape index (κ1) is 14.5. The Kier molecular flexibility index (Phi) is 5.40. The second kappa shape index (κ2) is 7.06. The molecule has 1 aliphatic rings. The molecule has 2 rings (SSSR count). The topological polar surface area (TPSA) is 53.1 Å². The smallest absolute Gasteiger partial charge is 0.0640 e. The number of ether oxygens (including phenoxy) is 1. The fourth-order valence-electron chi connectivity index (χ4n) is 2.90. The van der Waals surface area contributed by atoms with Crippen molar-refractivity contribution in [2.75, 3.05) is 13.2 Å². The van der Waals surface area contributed by atoms with Crippen molar-refractivity contribution < 1.29 is 4.74 Å². The van der Waals surface area contributed by atoms with Crippen LogP contribution in [-0.4, -0.2) is 29.0 Å². The Morgan fingerprint density at radius 1 is 1.37 bits per heavy atom. The Hall–Kier alpha value is -0.870. The molecule has 1 aromatic heterocycles. The molecule has 0 amide bonds. The van der Waals surface area contributed by atoms with Gasteiger partial charge in [-0.3, -0.25) is 4.68 Å². The van der Waals surface area contributed by atoms with Gasteiger partial charge < -0.3 is 10.5 Å². The molecule has 19 heavy (non-hydrogen) atoms. The summed E-state index contributed by atoms with van der Waals surface area (Å²) in [5.41, 5.74) is 7.46. The molecule has 4 nitrogen and oxygen atoms in total. The largest absolute Gasteiger partial charge is 0.381 e. The van der Waals surface area contributed by atoms with Crippen molar-refractivity contribution in [3.8, 4) is 0 Å². The first-order valence-corrected chi connectivity index (χ1v) is 7.62. The van der Waals surface area contributed by atoms with Gasteiger partial charge in [0.15, 0.2) is 0 Å². The fraction of sp³-hybridized carbons (Fsp3) is 0.800. The number of rotatable bonds is 6. The average molecular weight is 265 g/mol. The third-order valence-electron chi connectivity index (χ3n) is 4.30. The molecular formula is C15H27N3O. The second-order valence-corrected chi connectivity index (χ2v) is 5.58. The molecule has 2 N–H and O–H groups in total. The predicted molar refractivity (Wildman–Crippen MR) is 77.1 cm³/mol. The summed E-state index contributed by atoms with van der Waals surface area (Å²) < 4.78 is 7.49. The van der Waals surface area contributed by atoms with Crippen LogP contribution in [0.25, 0.3) is 0 Å². The molecule has 4 heteroatoms. The minimum atomic E-state index is 0.217. The standard InChI is InChI=1S/C15H27N3O/c1-3-14(4-2)18-8-5-13(17-18)11-15(16)12-6-9-19-10-7-12/h5,8,12,14-15H,3-4,6-7,9-11,16H2,1-2H3. The molecule has 0 aromatic carbocycles. The zero-order valence-corrected chi connectivity index (χ0v) is 12.2. The van der Waals surface area contributed by atoms with E-state index in [0.29, 0.717) is 12.0 Å². The van der Waals surface area contributed by atoms with Crippen molar-refractivity contribution in [3.63, 3.8) is 0 Å². The summed E-state index contributed by atoms with van der Waals surface area (Å²) in [6.45, 7) is 6.15. The summed E-state index contributed by atoms with van der Waals surface area (Å²) in [6.07, 6.45) is 7.43. The van der Waals surface area contributed by atoms with Gasteiger partial charge in [-0.15, -0.1) is 0 Å². The van der Waals surface area contributed by atoms with Crippen LogP contribution >= 0.6 is 0 Å². The molecule has 0 saturated carbocycles. The maximum Gasteiger partial charge on any atom is 0.0640 e. The molecule has 0 bridgehead atoms. The van der Waals surface area contributed by atoms with Gasteiger partial charge in [0, 0.05) is 31.9 Å². The van der Waals surface area contributed by atoms with E-state index >= 15 is 0 Å². The van der Waals surface area contributed by atoms with E-state index in [9.17, 15) is 0 Å². The van der Waals surface area contributed by atoms with Crippen molar-refractivity contribution in [2.24, 2.45) is 11.7 Å². The highest BCUT2D eigenvalue weighted by molar-refractivity contribution is 5.03. The lowest BCUT2D eigenvalue weighted by molar-refractivity contribution is 0.0583. The molecule has 0 aliphatic carbocycles. The molecule has 1 aromatic rings. The number of nitrogens with zero attached hydrogens (tertiary/aromatic N) is 2. The molecule has 1 saturated heterocycles. The third-order valence-corrected chi connectivity index (χ3v) is 4.30. The van der Waals surface area contributed by atoms with E-state index in [-0.39, 0.29) is 6.04 Å². The molecule has 1 atom stereocenters. The number of hydrogen-bond acceptors (Lipinski definition) is 3. The van der Waals surface area contributed by atoms with Crippen LogP contribution in [0.5, 0.6) is 0 Å². The van der Waals surface area contributed by atoms with Gasteiger partial charge in [0.05, 0.1) is 11.7 Å². The summed E-state index contributed by atoms with van der Waals surface area (Å²) in [7, 11) is 0. The lowest BCUT2D eigenvalue weighted by Gasteiger charge is -2.27. The van der Waals surface area contributed by atoms with Crippen molar-refractivity contribution in [3.05, 3.63) is 18.0 Å². The van der Waals surface area contributed by atoms with Crippen LogP contribution in [-0.2, 0) is 11.2 Å². The van der Waals surface area contributed by atoms with E-state index in [1.165, 1.54) is 0 Å². The first-order valence-electron chi connectivity index (χ1n) is 7.62. The Bertz CT molecular complexity index is 367. The normalized spacial score (nSPS) is 18.9. The van der Waals surface area contributed by atoms with Gasteiger partial charge in [-0.05, 0) is 37.7 Å². The first-order chi connectivity index (χ1) is 9.24. The van der Waals surface area contributed by atoms with Crippen LogP contribution in [0, 0.1) is 5.92 Å². The molecule has 108 valence electrons. The Morgan fingerprint density at radius 3 is 2.68 bits per heavy atom. The van der Waals surface area contributed by atoms with Gasteiger partial charge >= 0.3 is 0 Å². The molecule has 0 spiro atoms. The van der Waals surface area contributed by atoms with Crippen molar-refractivity contribution in [1.82, 2.24) is 9.78 Å². The van der Waals surface area contributed by atoms with Gasteiger partial charge in [-0.2, -0.15) is 5.10 Å². The summed E-state index contributed by atoms with van der Waals surface area (Å²) in [4.78, 5) is 0. The van der Waals surface area contributed by atoms with Crippen molar-refractivity contribution in [1.29, 1.82) is 0 Å². The average Bonchev–Trinajstić information content (AvgIpc) is 2.89. The van der Waals surface area contributed by atoms with Crippen molar-refractivity contribution >= 4 is 0 Å². The number of aromatic nitrogens is 2. The van der Waals surface area contributed by atoms with E-state index < -0.39 is 0 Å². The van der Waals surface area contributed by atoms with E-state index in [1.807, 2.05) is 0 Å². The number of hydrogen-bond donors (Lipinski definition) is 1. The molecule has 0 radical (unpaired) electrons. The van der Waals surface area contributed by atoms with Crippen LogP contribution in [0.15, 0.2) is 12.3 Å². The number of nitrogens with two attached hydrogens (primary N) is 1. The molecule has 1 unspecified atom stereocenters. The van der Waals surface area contributed by atoms with Crippen LogP contribution in [0.1, 0.15) is 51.3 Å². The highest BCUT2D eigenvalue weighted by Gasteiger charge is 2.22.